The molecule has 1 spiro atoms. The first-order chi connectivity index (χ1) is 20.0. The first-order valence-corrected chi connectivity index (χ1v) is 17.3. The summed E-state index contributed by atoms with van der Waals surface area (Å²) in [6, 6.07) is 11.3. The summed E-state index contributed by atoms with van der Waals surface area (Å²) >= 11 is 6.37. The lowest BCUT2D eigenvalue weighted by atomic mass is 9.67. The third kappa shape index (κ3) is 5.77. The number of nitrogens with two attached hydrogens (primary N) is 1. The number of carboxylic acids is 1. The average molecular weight is 617 g/mol. The molecule has 7 atom stereocenters. The van der Waals surface area contributed by atoms with Gasteiger partial charge in [-0.2, -0.15) is 0 Å². The molecule has 0 saturated heterocycles. The van der Waals surface area contributed by atoms with E-state index in [1.807, 2.05) is 6.07 Å². The van der Waals surface area contributed by atoms with Crippen molar-refractivity contribution >= 4 is 33.3 Å². The lowest BCUT2D eigenvalue weighted by molar-refractivity contribution is -0.00399. The zero-order valence-electron chi connectivity index (χ0n) is 24.0. The van der Waals surface area contributed by atoms with Gasteiger partial charge in [0.05, 0.1) is 29.7 Å². The van der Waals surface area contributed by atoms with Gasteiger partial charge in [0.25, 0.3) is 0 Å². The van der Waals surface area contributed by atoms with Crippen molar-refractivity contribution in [2.75, 3.05) is 30.3 Å². The van der Waals surface area contributed by atoms with Gasteiger partial charge in [0.15, 0.2) is 0 Å². The normalized spacial score (nSPS) is 30.9. The number of ether oxygens (including phenoxy) is 1. The van der Waals surface area contributed by atoms with Crippen molar-refractivity contribution in [1.82, 2.24) is 0 Å². The molecule has 8 nitrogen and oxygen atoms in total. The predicted molar refractivity (Wildman–Crippen MR) is 163 cm³/mol. The van der Waals surface area contributed by atoms with E-state index in [2.05, 4.69) is 24.0 Å². The molecular weight excluding hydrogens is 576 g/mol. The number of fused-ring (bicyclic) bond motifs is 3. The molecule has 2 fully saturated rings. The number of aliphatic hydroxyl groups excluding tert-OH is 1. The second-order valence-electron chi connectivity index (χ2n) is 13.2. The minimum atomic E-state index is -3.47. The van der Waals surface area contributed by atoms with Crippen molar-refractivity contribution in [3.05, 3.63) is 58.1 Å². The number of aryl methyl sites for hydroxylation is 1. The summed E-state index contributed by atoms with van der Waals surface area (Å²) in [4.78, 5) is 14.3. The number of halogens is 1. The molecule has 3 aliphatic carbocycles. The number of hydrogen-bond donors (Lipinski definition) is 3. The van der Waals surface area contributed by atoms with Crippen molar-refractivity contribution in [3.8, 4) is 5.75 Å². The minimum absolute atomic E-state index is 0.0169. The van der Waals surface area contributed by atoms with Gasteiger partial charge in [0.1, 0.15) is 5.75 Å². The monoisotopic (exact) mass is 616 g/mol. The van der Waals surface area contributed by atoms with Crippen LogP contribution in [-0.4, -0.2) is 56.2 Å². The number of carboxylic acid groups (broad SMARTS) is 1. The van der Waals surface area contributed by atoms with Crippen LogP contribution < -0.4 is 14.8 Å². The fraction of sp³-hybridized carbons (Fsp3) is 0.594. The first-order valence-electron chi connectivity index (χ1n) is 15.2. The van der Waals surface area contributed by atoms with Crippen LogP contribution in [0, 0.1) is 29.6 Å². The SMILES string of the molecule is CC1C(CCCS(N)(=O)=O)C1[C@H](O)[C@@H]1CC[C@H]1CN1C[C@@]2(CCCc3cc(Cl)ccc32)COc2ccc(C(=O)O)cc21. The van der Waals surface area contributed by atoms with Gasteiger partial charge in [-0.25, -0.2) is 18.4 Å². The largest absolute Gasteiger partial charge is 0.490 e. The average Bonchev–Trinajstić information content (AvgIpc) is 3.59. The Kier molecular flexibility index (Phi) is 8.00. The second kappa shape index (κ2) is 11.3. The Bertz CT molecular complexity index is 1470. The summed E-state index contributed by atoms with van der Waals surface area (Å²) in [6.07, 6.45) is 5.78. The van der Waals surface area contributed by atoms with Gasteiger partial charge < -0.3 is 19.8 Å². The number of aromatic carboxylic acids is 1. The molecule has 2 aromatic rings. The molecule has 228 valence electrons. The quantitative estimate of drug-likeness (QED) is 0.367. The summed E-state index contributed by atoms with van der Waals surface area (Å²) in [5, 5.41) is 27.2. The Morgan fingerprint density at radius 3 is 2.76 bits per heavy atom. The highest BCUT2D eigenvalue weighted by atomic mass is 35.5. The molecule has 0 bridgehead atoms. The van der Waals surface area contributed by atoms with Gasteiger partial charge >= 0.3 is 5.97 Å². The van der Waals surface area contributed by atoms with Crippen molar-refractivity contribution in [3.63, 3.8) is 0 Å². The van der Waals surface area contributed by atoms with Crippen LogP contribution >= 0.6 is 11.6 Å². The molecule has 2 aromatic carbocycles. The summed E-state index contributed by atoms with van der Waals surface area (Å²) in [5.74, 6) is 0.993. The van der Waals surface area contributed by atoms with E-state index >= 15 is 0 Å². The summed E-state index contributed by atoms with van der Waals surface area (Å²) < 4.78 is 29.2. The Morgan fingerprint density at radius 2 is 2.05 bits per heavy atom. The Morgan fingerprint density at radius 1 is 1.24 bits per heavy atom. The number of sulfonamides is 1. The van der Waals surface area contributed by atoms with E-state index in [9.17, 15) is 23.4 Å². The molecule has 6 rings (SSSR count). The minimum Gasteiger partial charge on any atom is -0.490 e. The molecule has 4 N–H and O–H groups in total. The van der Waals surface area contributed by atoms with Crippen molar-refractivity contribution in [2.24, 2.45) is 34.7 Å². The van der Waals surface area contributed by atoms with Crippen LogP contribution in [0.15, 0.2) is 36.4 Å². The van der Waals surface area contributed by atoms with Crippen LogP contribution in [-0.2, 0) is 21.9 Å². The molecule has 4 aliphatic rings. The maximum atomic E-state index is 11.9. The zero-order chi connectivity index (χ0) is 29.8. The first kappa shape index (κ1) is 29.7. The van der Waals surface area contributed by atoms with Crippen molar-refractivity contribution in [1.29, 1.82) is 0 Å². The van der Waals surface area contributed by atoms with Gasteiger partial charge in [0, 0.05) is 23.5 Å². The van der Waals surface area contributed by atoms with E-state index in [1.165, 1.54) is 11.1 Å². The molecule has 1 aliphatic heterocycles. The Hall–Kier alpha value is -2.33. The highest BCUT2D eigenvalue weighted by Crippen LogP contribution is 2.56. The lowest BCUT2D eigenvalue weighted by Crippen LogP contribution is -2.50. The van der Waals surface area contributed by atoms with Crippen molar-refractivity contribution in [2.45, 2.75) is 63.4 Å². The molecule has 42 heavy (non-hydrogen) atoms. The van der Waals surface area contributed by atoms with Crippen LogP contribution in [0.4, 0.5) is 5.69 Å². The van der Waals surface area contributed by atoms with Crippen LogP contribution in [0.1, 0.15) is 66.9 Å². The molecule has 10 heteroatoms. The Balaban J connectivity index is 1.24. The molecule has 3 unspecified atom stereocenters. The number of primary sulfonamides is 1. The number of nitrogens with zero attached hydrogens (tertiary/aromatic N) is 1. The number of benzene rings is 2. The maximum absolute atomic E-state index is 11.9. The summed E-state index contributed by atoms with van der Waals surface area (Å²) in [7, 11) is -3.47. The predicted octanol–water partition coefficient (Wildman–Crippen LogP) is 4.85. The molecule has 0 radical (unpaired) electrons. The maximum Gasteiger partial charge on any atom is 0.335 e. The smallest absolute Gasteiger partial charge is 0.335 e. The molecule has 1 heterocycles. The second-order valence-corrected chi connectivity index (χ2v) is 15.4. The summed E-state index contributed by atoms with van der Waals surface area (Å²) in [6.45, 7) is 4.07. The Labute approximate surface area is 253 Å². The van der Waals surface area contributed by atoms with Crippen LogP contribution in [0.2, 0.25) is 5.02 Å². The molecular formula is C32H41ClN2O6S. The van der Waals surface area contributed by atoms with Crippen molar-refractivity contribution < 1.29 is 28.2 Å². The number of anilines is 1. The number of hydrogen-bond acceptors (Lipinski definition) is 6. The van der Waals surface area contributed by atoms with E-state index < -0.39 is 22.1 Å². The number of carbonyl (C=O) groups is 1. The highest BCUT2D eigenvalue weighted by molar-refractivity contribution is 7.89. The van der Waals surface area contributed by atoms with Gasteiger partial charge in [0.2, 0.25) is 10.0 Å². The topological polar surface area (TPSA) is 130 Å². The van der Waals surface area contributed by atoms with Crippen LogP contribution in [0.3, 0.4) is 0 Å². The van der Waals surface area contributed by atoms with Gasteiger partial charge in [-0.05, 0) is 116 Å². The standard InChI is InChI=1S/C32H41ClN2O6S/c1-19-24(5-3-13-42(34,39)40)29(19)30(36)25-9-6-22(25)16-35-17-32(12-2-4-20-14-23(33)8-10-26(20)32)18-41-28-11-7-21(31(37)38)15-27(28)35/h7-8,10-11,14-15,19,22,24-25,29-30,36H,2-6,9,12-13,16-18H2,1H3,(H,37,38)(H2,34,39,40)/t19?,22-,24?,25+,29?,30+,32-/m0/s1. The number of aliphatic hydroxyl groups is 1. The van der Waals surface area contributed by atoms with E-state index in [1.54, 1.807) is 18.2 Å². The van der Waals surface area contributed by atoms with Gasteiger partial charge in [-0.3, -0.25) is 0 Å². The molecule has 0 aromatic heterocycles. The van der Waals surface area contributed by atoms with Crippen LogP contribution in [0.25, 0.3) is 0 Å². The van der Waals surface area contributed by atoms with E-state index in [-0.39, 0.29) is 34.5 Å². The van der Waals surface area contributed by atoms with E-state index in [4.69, 9.17) is 21.5 Å². The summed E-state index contributed by atoms with van der Waals surface area (Å²) in [5.41, 5.74) is 3.29. The number of rotatable bonds is 9. The fourth-order valence-electron chi connectivity index (χ4n) is 8.21. The fourth-order valence-corrected chi connectivity index (χ4v) is 8.97. The van der Waals surface area contributed by atoms with Crippen LogP contribution in [0.5, 0.6) is 5.75 Å². The third-order valence-electron chi connectivity index (χ3n) is 10.7. The van der Waals surface area contributed by atoms with E-state index in [0.717, 1.165) is 49.2 Å². The molecule has 0 amide bonds. The van der Waals surface area contributed by atoms with Gasteiger partial charge in [-0.15, -0.1) is 0 Å². The molecule has 2 saturated carbocycles. The van der Waals surface area contributed by atoms with Gasteiger partial charge in [-0.1, -0.05) is 24.6 Å². The zero-order valence-corrected chi connectivity index (χ0v) is 25.6. The highest BCUT2D eigenvalue weighted by Gasteiger charge is 2.54. The lowest BCUT2D eigenvalue weighted by Gasteiger charge is -2.46. The third-order valence-corrected chi connectivity index (χ3v) is 11.7. The van der Waals surface area contributed by atoms with E-state index in [0.29, 0.717) is 43.7 Å².